The maximum absolute atomic E-state index is 10.9. The van der Waals surface area contributed by atoms with E-state index in [0.717, 1.165) is 15.6 Å². The minimum atomic E-state index is -0.376. The Hall–Kier alpha value is -0.0600. The van der Waals surface area contributed by atoms with Crippen LogP contribution in [0.5, 0.6) is 0 Å². The lowest BCUT2D eigenvalue weighted by Gasteiger charge is -2.09. The highest BCUT2D eigenvalue weighted by Gasteiger charge is 2.14. The van der Waals surface area contributed by atoms with Crippen molar-refractivity contribution in [2.75, 3.05) is 0 Å². The first kappa shape index (κ1) is 13.0. The van der Waals surface area contributed by atoms with E-state index in [4.69, 9.17) is 17.3 Å². The van der Waals surface area contributed by atoms with E-state index in [1.807, 2.05) is 19.1 Å². The molecule has 0 aromatic heterocycles. The van der Waals surface area contributed by atoms with Crippen molar-refractivity contribution < 1.29 is 4.79 Å². The molecule has 0 spiro atoms. The number of amides is 1. The van der Waals surface area contributed by atoms with E-state index in [-0.39, 0.29) is 10.7 Å². The maximum atomic E-state index is 10.9. The summed E-state index contributed by atoms with van der Waals surface area (Å²) in [5.74, 6) is -0.376. The molecular weight excluding hydrogens is 345 g/mol. The molecule has 1 unspecified atom stereocenters. The molecule has 1 amide bonds. The fourth-order valence-electron chi connectivity index (χ4n) is 1.14. The second-order valence-corrected chi connectivity index (χ2v) is 5.63. The van der Waals surface area contributed by atoms with Gasteiger partial charge in [-0.25, -0.2) is 0 Å². The van der Waals surface area contributed by atoms with Crippen molar-refractivity contribution in [3.05, 3.63) is 32.8 Å². The summed E-state index contributed by atoms with van der Waals surface area (Å²) in [6.45, 7) is 1.93. The van der Waals surface area contributed by atoms with Crippen LogP contribution in [-0.4, -0.2) is 10.7 Å². The maximum Gasteiger partial charge on any atom is 0.231 e. The highest BCUT2D eigenvalue weighted by atomic mass is 79.9. The highest BCUT2D eigenvalue weighted by molar-refractivity contribution is 9.10. The van der Waals surface area contributed by atoms with E-state index >= 15 is 0 Å². The first-order valence-corrected chi connectivity index (χ1v) is 6.38. The molecule has 0 heterocycles. The SMILES string of the molecule is Cc1cc(Br)c(CC(Br)C(N)=O)cc1Cl. The van der Waals surface area contributed by atoms with Gasteiger partial charge < -0.3 is 5.73 Å². The van der Waals surface area contributed by atoms with Crippen molar-refractivity contribution in [1.82, 2.24) is 0 Å². The van der Waals surface area contributed by atoms with Crippen molar-refractivity contribution in [3.63, 3.8) is 0 Å². The van der Waals surface area contributed by atoms with E-state index in [2.05, 4.69) is 31.9 Å². The van der Waals surface area contributed by atoms with Gasteiger partial charge in [0.15, 0.2) is 0 Å². The first-order chi connectivity index (χ1) is 6.91. The fraction of sp³-hybridized carbons (Fsp3) is 0.300. The van der Waals surface area contributed by atoms with Crippen LogP contribution >= 0.6 is 43.5 Å². The predicted octanol–water partition coefficient (Wildman–Crippen LogP) is 3.20. The van der Waals surface area contributed by atoms with Gasteiger partial charge in [-0.1, -0.05) is 43.5 Å². The Bertz CT molecular complexity index is 395. The van der Waals surface area contributed by atoms with E-state index in [0.29, 0.717) is 11.4 Å². The highest BCUT2D eigenvalue weighted by Crippen LogP contribution is 2.27. The van der Waals surface area contributed by atoms with Crippen LogP contribution in [0.2, 0.25) is 5.02 Å². The third-order valence-corrected chi connectivity index (χ3v) is 3.96. The molecule has 82 valence electrons. The fourth-order valence-corrected chi connectivity index (χ4v) is 2.29. The number of benzene rings is 1. The van der Waals surface area contributed by atoms with Crippen LogP contribution in [0.3, 0.4) is 0 Å². The normalized spacial score (nSPS) is 12.5. The van der Waals surface area contributed by atoms with Crippen LogP contribution < -0.4 is 5.73 Å². The van der Waals surface area contributed by atoms with E-state index in [9.17, 15) is 4.79 Å². The number of hydrogen-bond acceptors (Lipinski definition) is 1. The molecule has 1 aromatic rings. The zero-order valence-electron chi connectivity index (χ0n) is 8.06. The van der Waals surface area contributed by atoms with Crippen LogP contribution in [0.4, 0.5) is 0 Å². The molecule has 1 aromatic carbocycles. The lowest BCUT2D eigenvalue weighted by molar-refractivity contribution is -0.117. The molecule has 1 atom stereocenters. The summed E-state index contributed by atoms with van der Waals surface area (Å²) in [6.07, 6.45) is 0.524. The Morgan fingerprint density at radius 2 is 2.20 bits per heavy atom. The summed E-state index contributed by atoms with van der Waals surface area (Å²) in [4.78, 5) is 10.5. The van der Waals surface area contributed by atoms with Gasteiger partial charge in [0.25, 0.3) is 0 Å². The molecule has 0 aliphatic carbocycles. The summed E-state index contributed by atoms with van der Waals surface area (Å²) < 4.78 is 0.940. The van der Waals surface area contributed by atoms with Gasteiger partial charge in [-0.2, -0.15) is 0 Å². The topological polar surface area (TPSA) is 43.1 Å². The van der Waals surface area contributed by atoms with Gasteiger partial charge in [0, 0.05) is 9.50 Å². The molecule has 2 nitrogen and oxygen atoms in total. The standard InChI is InChI=1S/C10H10Br2ClNO/c1-5-2-7(11)6(4-9(5)13)3-8(12)10(14)15/h2,4,8H,3H2,1H3,(H2,14,15). The van der Waals surface area contributed by atoms with Gasteiger partial charge in [0.05, 0.1) is 4.83 Å². The van der Waals surface area contributed by atoms with Crippen LogP contribution in [0.1, 0.15) is 11.1 Å². The monoisotopic (exact) mass is 353 g/mol. The molecule has 0 bridgehead atoms. The lowest BCUT2D eigenvalue weighted by atomic mass is 10.1. The summed E-state index contributed by atoms with van der Waals surface area (Å²) in [5, 5.41) is 0.692. The van der Waals surface area contributed by atoms with Gasteiger partial charge >= 0.3 is 0 Å². The summed E-state index contributed by atoms with van der Waals surface area (Å²) >= 11 is 12.6. The Morgan fingerprint density at radius 1 is 1.60 bits per heavy atom. The third kappa shape index (κ3) is 3.47. The Labute approximate surface area is 110 Å². The second-order valence-electron chi connectivity index (χ2n) is 3.27. The van der Waals surface area contributed by atoms with Gasteiger partial charge in [-0.15, -0.1) is 0 Å². The summed E-state index contributed by atoms with van der Waals surface area (Å²) in [6, 6.07) is 3.77. The first-order valence-electron chi connectivity index (χ1n) is 4.29. The molecule has 0 aliphatic heterocycles. The zero-order chi connectivity index (χ0) is 11.6. The van der Waals surface area contributed by atoms with Crippen LogP contribution in [-0.2, 0) is 11.2 Å². The second kappa shape index (κ2) is 5.32. The van der Waals surface area contributed by atoms with Crippen molar-refractivity contribution in [2.24, 2.45) is 5.73 Å². The molecule has 1 rings (SSSR count). The smallest absolute Gasteiger partial charge is 0.231 e. The number of carbonyl (C=O) groups is 1. The summed E-state index contributed by atoms with van der Waals surface area (Å²) in [5.41, 5.74) is 7.13. The van der Waals surface area contributed by atoms with Crippen molar-refractivity contribution >= 4 is 49.4 Å². The molecule has 0 aliphatic rings. The van der Waals surface area contributed by atoms with Gasteiger partial charge in [-0.3, -0.25) is 4.79 Å². The molecule has 5 heteroatoms. The molecule has 0 saturated carbocycles. The number of carbonyl (C=O) groups excluding carboxylic acids is 1. The average Bonchev–Trinajstić information content (AvgIpc) is 2.13. The molecule has 0 radical (unpaired) electrons. The van der Waals surface area contributed by atoms with Crippen LogP contribution in [0.15, 0.2) is 16.6 Å². The predicted molar refractivity (Wildman–Crippen MR) is 69.5 cm³/mol. The Morgan fingerprint density at radius 3 is 2.73 bits per heavy atom. The van der Waals surface area contributed by atoms with Crippen molar-refractivity contribution in [3.8, 4) is 0 Å². The minimum absolute atomic E-state index is 0.368. The molecular formula is C10H10Br2ClNO. The molecule has 0 fully saturated rings. The Balaban J connectivity index is 2.95. The number of primary amides is 1. The van der Waals surface area contributed by atoms with Gasteiger partial charge in [-0.05, 0) is 36.6 Å². The molecule has 0 saturated heterocycles. The quantitative estimate of drug-likeness (QED) is 0.832. The van der Waals surface area contributed by atoms with E-state index in [1.54, 1.807) is 0 Å². The minimum Gasteiger partial charge on any atom is -0.369 e. The number of rotatable bonds is 3. The van der Waals surface area contributed by atoms with Crippen LogP contribution in [0.25, 0.3) is 0 Å². The van der Waals surface area contributed by atoms with Crippen molar-refractivity contribution in [1.29, 1.82) is 0 Å². The largest absolute Gasteiger partial charge is 0.369 e. The average molecular weight is 355 g/mol. The van der Waals surface area contributed by atoms with Crippen LogP contribution in [0, 0.1) is 6.92 Å². The van der Waals surface area contributed by atoms with Gasteiger partial charge in [0.2, 0.25) is 5.91 Å². The molecule has 2 N–H and O–H groups in total. The molecule has 15 heavy (non-hydrogen) atoms. The van der Waals surface area contributed by atoms with Crippen molar-refractivity contribution in [2.45, 2.75) is 18.2 Å². The summed E-state index contributed by atoms with van der Waals surface area (Å²) in [7, 11) is 0. The van der Waals surface area contributed by atoms with E-state index in [1.165, 1.54) is 0 Å². The number of alkyl halides is 1. The number of aryl methyl sites for hydroxylation is 1. The lowest BCUT2D eigenvalue weighted by Crippen LogP contribution is -2.25. The van der Waals surface area contributed by atoms with E-state index < -0.39 is 0 Å². The number of nitrogens with two attached hydrogens (primary N) is 1. The van der Waals surface area contributed by atoms with Gasteiger partial charge in [0.1, 0.15) is 0 Å². The number of hydrogen-bond donors (Lipinski definition) is 1. The third-order valence-electron chi connectivity index (χ3n) is 2.04. The number of halogens is 3. The zero-order valence-corrected chi connectivity index (χ0v) is 12.0. The Kier molecular flexibility index (Phi) is 4.62.